The van der Waals surface area contributed by atoms with Crippen LogP contribution >= 0.6 is 0 Å². The molecule has 0 bridgehead atoms. The molecule has 0 heterocycles. The number of anilines is 2. The van der Waals surface area contributed by atoms with Crippen LogP contribution in [-0.4, -0.2) is 44.2 Å². The topological polar surface area (TPSA) is 192 Å². The van der Waals surface area contributed by atoms with Crippen molar-refractivity contribution in [1.82, 2.24) is 0 Å². The second-order valence-electron chi connectivity index (χ2n) is 19.9. The van der Waals surface area contributed by atoms with Crippen LogP contribution in [0.2, 0.25) is 0 Å². The number of hydrogen-bond acceptors (Lipinski definition) is 10. The number of amides is 2. The number of ether oxygens (including phenoxy) is 2. The molecule has 0 spiro atoms. The Morgan fingerprint density at radius 2 is 0.914 bits per heavy atom. The van der Waals surface area contributed by atoms with Gasteiger partial charge in [-0.3, -0.25) is 19.2 Å². The van der Waals surface area contributed by atoms with E-state index < -0.39 is 10.8 Å². The molecule has 12 heteroatoms. The normalized spacial score (nSPS) is 11.4. The number of carbonyl (C=O) groups excluding carboxylic acids is 4. The molecule has 0 fully saturated rings. The van der Waals surface area contributed by atoms with Crippen molar-refractivity contribution in [2.75, 3.05) is 10.6 Å². The lowest BCUT2D eigenvalue weighted by molar-refractivity contribution is -0.144. The summed E-state index contributed by atoms with van der Waals surface area (Å²) in [5, 5.41) is 47.0. The van der Waals surface area contributed by atoms with Gasteiger partial charge in [0.05, 0.1) is 10.8 Å². The van der Waals surface area contributed by atoms with Crippen LogP contribution in [0.3, 0.4) is 0 Å². The molecule has 6 N–H and O–H groups in total. The number of carbonyl (C=O) groups is 4. The van der Waals surface area contributed by atoms with Gasteiger partial charge < -0.3 is 40.5 Å². The number of aryl methyl sites for hydroxylation is 2. The maximum Gasteiger partial charge on any atom is 0.316 e. The van der Waals surface area contributed by atoms with Gasteiger partial charge in [-0.2, -0.15) is 0 Å². The average molecular weight is 959 g/mol. The van der Waals surface area contributed by atoms with Crippen LogP contribution in [0.5, 0.6) is 34.5 Å². The molecule has 0 radical (unpaired) electrons. The molecule has 0 aliphatic heterocycles. The average Bonchev–Trinajstić information content (AvgIpc) is 3.32. The Kier molecular flexibility index (Phi) is 20.0. The van der Waals surface area contributed by atoms with Crippen LogP contribution < -0.4 is 20.1 Å². The zero-order chi connectivity index (χ0) is 52.8. The van der Waals surface area contributed by atoms with Crippen molar-refractivity contribution in [3.8, 4) is 34.5 Å². The van der Waals surface area contributed by atoms with E-state index in [0.717, 1.165) is 52.2 Å². The van der Waals surface area contributed by atoms with Gasteiger partial charge in [-0.1, -0.05) is 91.8 Å². The molecule has 12 nitrogen and oxygen atoms in total. The lowest BCUT2D eigenvalue weighted by atomic mass is 9.89. The molecule has 0 saturated carbocycles. The van der Waals surface area contributed by atoms with Gasteiger partial charge in [-0.15, -0.1) is 0 Å². The number of rotatable bonds is 12. The van der Waals surface area contributed by atoms with E-state index in [1.54, 1.807) is 97.1 Å². The summed E-state index contributed by atoms with van der Waals surface area (Å²) in [6.07, 6.45) is 3.01. The lowest BCUT2D eigenvalue weighted by Crippen LogP contribution is -2.30. The Morgan fingerprint density at radius 1 is 0.471 bits per heavy atom. The number of benzene rings is 6. The van der Waals surface area contributed by atoms with Crippen molar-refractivity contribution < 1.29 is 49.1 Å². The zero-order valence-electron chi connectivity index (χ0n) is 43.5. The van der Waals surface area contributed by atoms with Crippen molar-refractivity contribution in [1.29, 1.82) is 0 Å². The van der Waals surface area contributed by atoms with Crippen LogP contribution in [0.4, 0.5) is 11.4 Å². The fourth-order valence-electron chi connectivity index (χ4n) is 5.93. The smallest absolute Gasteiger partial charge is 0.316 e. The molecular formula is C58H74N2O10. The van der Waals surface area contributed by atoms with Gasteiger partial charge in [0, 0.05) is 38.4 Å². The summed E-state index contributed by atoms with van der Waals surface area (Å²) in [6.45, 7) is 26.6. The molecule has 376 valence electrons. The van der Waals surface area contributed by atoms with Crippen molar-refractivity contribution >= 4 is 56.7 Å². The van der Waals surface area contributed by atoms with Crippen molar-refractivity contribution in [2.45, 2.75) is 123 Å². The third-order valence-corrected chi connectivity index (χ3v) is 12.8. The van der Waals surface area contributed by atoms with Crippen LogP contribution in [0.15, 0.2) is 109 Å². The van der Waals surface area contributed by atoms with Gasteiger partial charge in [-0.25, -0.2) is 0 Å². The first-order valence-corrected chi connectivity index (χ1v) is 23.7. The number of esters is 2. The molecule has 0 aliphatic rings. The molecule has 2 amide bonds. The van der Waals surface area contributed by atoms with Gasteiger partial charge in [0.25, 0.3) is 0 Å². The van der Waals surface area contributed by atoms with Crippen LogP contribution in [-0.2, 0) is 19.2 Å². The van der Waals surface area contributed by atoms with Crippen molar-refractivity contribution in [2.24, 2.45) is 21.7 Å². The fraction of sp³-hybridized carbons (Fsp3) is 0.379. The van der Waals surface area contributed by atoms with Gasteiger partial charge >= 0.3 is 11.9 Å². The minimum atomic E-state index is -0.515. The summed E-state index contributed by atoms with van der Waals surface area (Å²) in [4.78, 5) is 47.9. The van der Waals surface area contributed by atoms with Crippen LogP contribution in [0, 0.1) is 35.5 Å². The minimum absolute atomic E-state index is 0.00399. The second kappa shape index (κ2) is 24.5. The van der Waals surface area contributed by atoms with Gasteiger partial charge in [0.15, 0.2) is 0 Å². The monoisotopic (exact) mass is 959 g/mol. The quantitative estimate of drug-likeness (QED) is 0.0391. The molecule has 70 heavy (non-hydrogen) atoms. The molecule has 6 aromatic carbocycles. The summed E-state index contributed by atoms with van der Waals surface area (Å²) in [7, 11) is 0. The van der Waals surface area contributed by atoms with E-state index in [2.05, 4.69) is 10.6 Å². The Balaban J connectivity index is 0.000000248. The highest BCUT2D eigenvalue weighted by atomic mass is 16.5. The third-order valence-electron chi connectivity index (χ3n) is 12.8. The number of nitrogens with one attached hydrogen (secondary N) is 2. The lowest BCUT2D eigenvalue weighted by Gasteiger charge is -2.22. The molecular weight excluding hydrogens is 885 g/mol. The number of aromatic hydroxyl groups is 4. The summed E-state index contributed by atoms with van der Waals surface area (Å²) in [5.74, 6) is 1.39. The molecule has 0 aliphatic carbocycles. The second-order valence-corrected chi connectivity index (χ2v) is 19.9. The molecule has 0 unspecified atom stereocenters. The number of phenols is 4. The SMILES string of the molecule is CCC(C)(C)C(=O)Nc1cc(C)c(O)c(C)c1.CCC(C)(C)C(=O)Nc1ccc(O)cc1.CCC(C)(C)C(=O)Oc1ccc2c(O)cccc2c1.CCC(C)(C)C(=O)Oc1cccc2c(O)cccc12. The van der Waals surface area contributed by atoms with E-state index in [-0.39, 0.29) is 57.6 Å². The van der Waals surface area contributed by atoms with Crippen LogP contribution in [0.1, 0.15) is 120 Å². The molecule has 0 aromatic heterocycles. The van der Waals surface area contributed by atoms with E-state index >= 15 is 0 Å². The van der Waals surface area contributed by atoms with Crippen LogP contribution in [0.25, 0.3) is 21.5 Å². The first-order valence-electron chi connectivity index (χ1n) is 23.7. The first kappa shape index (κ1) is 57.2. The maximum atomic E-state index is 12.1. The summed E-state index contributed by atoms with van der Waals surface area (Å²) in [5.41, 5.74) is 1.25. The first-order chi connectivity index (χ1) is 32.6. The van der Waals surface area contributed by atoms with E-state index in [0.29, 0.717) is 29.0 Å². The predicted molar refractivity (Wildman–Crippen MR) is 282 cm³/mol. The third kappa shape index (κ3) is 15.7. The zero-order valence-corrected chi connectivity index (χ0v) is 43.5. The van der Waals surface area contributed by atoms with E-state index in [4.69, 9.17) is 14.6 Å². The molecule has 6 aromatic rings. The summed E-state index contributed by atoms with van der Waals surface area (Å²) >= 11 is 0. The number of hydrogen-bond donors (Lipinski definition) is 6. The largest absolute Gasteiger partial charge is 0.508 e. The maximum absolute atomic E-state index is 12.1. The molecule has 6 rings (SSSR count). The Hall–Kier alpha value is -7.08. The van der Waals surface area contributed by atoms with Crippen molar-refractivity contribution in [3.05, 3.63) is 120 Å². The number of phenolic OH excluding ortho intramolecular Hbond substituents is 4. The minimum Gasteiger partial charge on any atom is -0.508 e. The molecule has 0 saturated heterocycles. The van der Waals surface area contributed by atoms with Gasteiger partial charge in [-0.05, 0) is 157 Å². The Morgan fingerprint density at radius 3 is 1.43 bits per heavy atom. The standard InChI is InChI=1S/2C16H18O3.C14H21NO2.C12H17NO2/c1-4-16(2,3)15(18)19-14-10-6-7-11-12(14)8-5-9-13(11)17;1-4-16(2,3)15(18)19-12-8-9-13-11(10-12)6-5-7-14(13)17;1-6-14(4,5)13(17)15-11-7-9(2)12(16)10(3)8-11;1-4-12(2,3)11(15)13-9-5-7-10(14)8-6-9/h2*5-10,17H,4H2,1-3H3;7-8,16H,6H2,1-5H3,(H,15,17);5-8,14H,4H2,1-3H3,(H,13,15). The van der Waals surface area contributed by atoms with E-state index in [1.165, 1.54) is 0 Å². The highest BCUT2D eigenvalue weighted by molar-refractivity contribution is 5.96. The summed E-state index contributed by atoms with van der Waals surface area (Å²) < 4.78 is 10.9. The molecule has 0 atom stereocenters. The number of fused-ring (bicyclic) bond motifs is 2. The van der Waals surface area contributed by atoms with Gasteiger partial charge in [0.2, 0.25) is 11.8 Å². The highest BCUT2D eigenvalue weighted by Crippen LogP contribution is 2.34. The van der Waals surface area contributed by atoms with E-state index in [1.807, 2.05) is 109 Å². The van der Waals surface area contributed by atoms with Crippen molar-refractivity contribution in [3.63, 3.8) is 0 Å². The van der Waals surface area contributed by atoms with Gasteiger partial charge in [0.1, 0.15) is 34.5 Å². The van der Waals surface area contributed by atoms with E-state index in [9.17, 15) is 34.5 Å². The Bertz CT molecular complexity index is 2730. The Labute approximate surface area is 414 Å². The summed E-state index contributed by atoms with van der Waals surface area (Å²) in [6, 6.07) is 31.0. The predicted octanol–water partition coefficient (Wildman–Crippen LogP) is 13.9. The fourth-order valence-corrected chi connectivity index (χ4v) is 5.93. The highest BCUT2D eigenvalue weighted by Gasteiger charge is 2.30.